The first-order valence-corrected chi connectivity index (χ1v) is 3.94. The SMILES string of the molecule is C=CC1(C)CCC(C)=CC1=O. The highest BCUT2D eigenvalue weighted by Gasteiger charge is 2.30. The molecule has 1 atom stereocenters. The molecule has 1 unspecified atom stereocenters. The molecule has 0 radical (unpaired) electrons. The van der Waals surface area contributed by atoms with E-state index in [2.05, 4.69) is 6.58 Å². The molecule has 0 spiro atoms. The summed E-state index contributed by atoms with van der Waals surface area (Å²) in [6.07, 6.45) is 5.44. The van der Waals surface area contributed by atoms with Crippen molar-refractivity contribution >= 4 is 5.78 Å². The van der Waals surface area contributed by atoms with Gasteiger partial charge in [0.05, 0.1) is 0 Å². The summed E-state index contributed by atoms with van der Waals surface area (Å²) in [4.78, 5) is 11.4. The Bertz CT molecular complexity index is 225. The zero-order valence-corrected chi connectivity index (χ0v) is 7.18. The smallest absolute Gasteiger partial charge is 0.165 e. The molecule has 0 saturated carbocycles. The molecule has 0 saturated heterocycles. The van der Waals surface area contributed by atoms with E-state index in [1.165, 1.54) is 5.57 Å². The Hall–Kier alpha value is -0.850. The van der Waals surface area contributed by atoms with Crippen molar-refractivity contribution in [2.45, 2.75) is 26.7 Å². The Labute approximate surface area is 67.8 Å². The van der Waals surface area contributed by atoms with E-state index in [1.54, 1.807) is 12.2 Å². The third kappa shape index (κ3) is 1.42. The maximum absolute atomic E-state index is 11.4. The predicted molar refractivity (Wildman–Crippen MR) is 46.3 cm³/mol. The van der Waals surface area contributed by atoms with Crippen molar-refractivity contribution in [1.82, 2.24) is 0 Å². The molecule has 1 rings (SSSR count). The first kappa shape index (κ1) is 8.25. The van der Waals surface area contributed by atoms with Crippen LogP contribution in [0, 0.1) is 5.41 Å². The number of ketones is 1. The van der Waals surface area contributed by atoms with Gasteiger partial charge in [-0.2, -0.15) is 0 Å². The highest BCUT2D eigenvalue weighted by atomic mass is 16.1. The highest BCUT2D eigenvalue weighted by Crippen LogP contribution is 2.32. The fourth-order valence-corrected chi connectivity index (χ4v) is 1.24. The van der Waals surface area contributed by atoms with Gasteiger partial charge < -0.3 is 0 Å². The topological polar surface area (TPSA) is 17.1 Å². The van der Waals surface area contributed by atoms with E-state index in [0.717, 1.165) is 12.8 Å². The van der Waals surface area contributed by atoms with Crippen molar-refractivity contribution in [2.24, 2.45) is 5.41 Å². The molecule has 0 amide bonds. The van der Waals surface area contributed by atoms with Gasteiger partial charge in [-0.05, 0) is 32.8 Å². The second kappa shape index (κ2) is 2.65. The van der Waals surface area contributed by atoms with Gasteiger partial charge in [0.1, 0.15) is 0 Å². The van der Waals surface area contributed by atoms with E-state index in [9.17, 15) is 4.79 Å². The van der Waals surface area contributed by atoms with Crippen LogP contribution in [0.5, 0.6) is 0 Å². The van der Waals surface area contributed by atoms with Crippen LogP contribution < -0.4 is 0 Å². The minimum Gasteiger partial charge on any atom is -0.294 e. The van der Waals surface area contributed by atoms with E-state index in [-0.39, 0.29) is 11.2 Å². The number of hydrogen-bond acceptors (Lipinski definition) is 1. The summed E-state index contributed by atoms with van der Waals surface area (Å²) < 4.78 is 0. The fourth-order valence-electron chi connectivity index (χ4n) is 1.24. The van der Waals surface area contributed by atoms with Crippen LogP contribution in [0.15, 0.2) is 24.3 Å². The fraction of sp³-hybridized carbons (Fsp3) is 0.500. The number of rotatable bonds is 1. The average Bonchev–Trinajstić information content (AvgIpc) is 1.98. The normalized spacial score (nSPS) is 31.5. The van der Waals surface area contributed by atoms with Gasteiger partial charge in [-0.3, -0.25) is 4.79 Å². The summed E-state index contributed by atoms with van der Waals surface area (Å²) in [5.41, 5.74) is 0.897. The number of carbonyl (C=O) groups is 1. The van der Waals surface area contributed by atoms with Gasteiger partial charge in [0, 0.05) is 5.41 Å². The van der Waals surface area contributed by atoms with Gasteiger partial charge in [0.15, 0.2) is 5.78 Å². The molecular formula is C10H14O. The lowest BCUT2D eigenvalue weighted by molar-refractivity contribution is -0.121. The Morgan fingerprint density at radius 2 is 2.36 bits per heavy atom. The van der Waals surface area contributed by atoms with E-state index in [4.69, 9.17) is 0 Å². The van der Waals surface area contributed by atoms with Gasteiger partial charge in [-0.1, -0.05) is 11.6 Å². The average molecular weight is 150 g/mol. The van der Waals surface area contributed by atoms with Gasteiger partial charge in [0.25, 0.3) is 0 Å². The van der Waals surface area contributed by atoms with Gasteiger partial charge in [-0.25, -0.2) is 0 Å². The lowest BCUT2D eigenvalue weighted by Gasteiger charge is -2.26. The molecular weight excluding hydrogens is 136 g/mol. The summed E-state index contributed by atoms with van der Waals surface area (Å²) >= 11 is 0. The second-order valence-electron chi connectivity index (χ2n) is 3.48. The molecule has 1 nitrogen and oxygen atoms in total. The Kier molecular flexibility index (Phi) is 1.99. The highest BCUT2D eigenvalue weighted by molar-refractivity contribution is 5.97. The zero-order valence-electron chi connectivity index (χ0n) is 7.18. The minimum atomic E-state index is -0.292. The summed E-state index contributed by atoms with van der Waals surface area (Å²) in [7, 11) is 0. The Morgan fingerprint density at radius 3 is 2.82 bits per heavy atom. The number of hydrogen-bond donors (Lipinski definition) is 0. The van der Waals surface area contributed by atoms with Crippen LogP contribution in [0.4, 0.5) is 0 Å². The molecule has 0 N–H and O–H groups in total. The third-order valence-electron chi connectivity index (χ3n) is 2.43. The van der Waals surface area contributed by atoms with Crippen LogP contribution in [-0.2, 0) is 4.79 Å². The minimum absolute atomic E-state index is 0.205. The molecule has 11 heavy (non-hydrogen) atoms. The van der Waals surface area contributed by atoms with Gasteiger partial charge in [-0.15, -0.1) is 6.58 Å². The molecule has 1 heteroatoms. The summed E-state index contributed by atoms with van der Waals surface area (Å²) in [5, 5.41) is 0. The van der Waals surface area contributed by atoms with E-state index in [0.29, 0.717) is 0 Å². The predicted octanol–water partition coefficient (Wildman–Crippen LogP) is 2.49. The molecule has 0 aromatic heterocycles. The van der Waals surface area contributed by atoms with Crippen LogP contribution in [0.25, 0.3) is 0 Å². The largest absolute Gasteiger partial charge is 0.294 e. The molecule has 0 aliphatic heterocycles. The molecule has 1 aliphatic rings. The van der Waals surface area contributed by atoms with Crippen molar-refractivity contribution in [3.63, 3.8) is 0 Å². The lowest BCUT2D eigenvalue weighted by atomic mass is 9.76. The number of carbonyl (C=O) groups excluding carboxylic acids is 1. The van der Waals surface area contributed by atoms with Crippen LogP contribution in [0.3, 0.4) is 0 Å². The molecule has 60 valence electrons. The summed E-state index contributed by atoms with van der Waals surface area (Å²) in [5.74, 6) is 0.205. The van der Waals surface area contributed by atoms with Crippen molar-refractivity contribution in [3.8, 4) is 0 Å². The molecule has 0 aromatic rings. The van der Waals surface area contributed by atoms with E-state index < -0.39 is 0 Å². The van der Waals surface area contributed by atoms with Crippen LogP contribution >= 0.6 is 0 Å². The number of allylic oxidation sites excluding steroid dienone is 3. The first-order valence-electron chi connectivity index (χ1n) is 3.94. The standard InChI is InChI=1S/C10H14O/c1-4-10(3)6-5-8(2)7-9(10)11/h4,7H,1,5-6H2,2-3H3. The lowest BCUT2D eigenvalue weighted by Crippen LogP contribution is -2.26. The summed E-state index contributed by atoms with van der Waals surface area (Å²) in [6, 6.07) is 0. The third-order valence-corrected chi connectivity index (χ3v) is 2.43. The molecule has 1 aliphatic carbocycles. The molecule has 0 fully saturated rings. The van der Waals surface area contributed by atoms with Gasteiger partial charge in [0.2, 0.25) is 0 Å². The van der Waals surface area contributed by atoms with Gasteiger partial charge >= 0.3 is 0 Å². The molecule has 0 aromatic carbocycles. The van der Waals surface area contributed by atoms with E-state index in [1.807, 2.05) is 13.8 Å². The molecule has 0 heterocycles. The monoisotopic (exact) mass is 150 g/mol. The maximum Gasteiger partial charge on any atom is 0.165 e. The second-order valence-corrected chi connectivity index (χ2v) is 3.48. The van der Waals surface area contributed by atoms with Crippen LogP contribution in [0.1, 0.15) is 26.7 Å². The first-order chi connectivity index (χ1) is 5.08. The van der Waals surface area contributed by atoms with Crippen molar-refractivity contribution in [1.29, 1.82) is 0 Å². The van der Waals surface area contributed by atoms with Crippen molar-refractivity contribution in [3.05, 3.63) is 24.3 Å². The van der Waals surface area contributed by atoms with E-state index >= 15 is 0 Å². The Balaban J connectivity index is 2.92. The zero-order chi connectivity index (χ0) is 8.48. The Morgan fingerprint density at radius 1 is 1.73 bits per heavy atom. The maximum atomic E-state index is 11.4. The quantitative estimate of drug-likeness (QED) is 0.525. The summed E-state index contributed by atoms with van der Waals surface area (Å²) in [6.45, 7) is 7.63. The molecule has 0 bridgehead atoms. The van der Waals surface area contributed by atoms with Crippen LogP contribution in [0.2, 0.25) is 0 Å². The van der Waals surface area contributed by atoms with Crippen molar-refractivity contribution in [2.75, 3.05) is 0 Å². The van der Waals surface area contributed by atoms with Crippen LogP contribution in [-0.4, -0.2) is 5.78 Å². The van der Waals surface area contributed by atoms with Crippen molar-refractivity contribution < 1.29 is 4.79 Å².